The van der Waals surface area contributed by atoms with E-state index < -0.39 is 12.3 Å². The molecule has 1 saturated heterocycles. The first-order chi connectivity index (χ1) is 22.3. The van der Waals surface area contributed by atoms with Crippen molar-refractivity contribution in [2.75, 3.05) is 11.1 Å². The normalized spacial score (nSPS) is 31.4. The van der Waals surface area contributed by atoms with Crippen LogP contribution < -0.4 is 10.6 Å². The molecule has 1 aromatic heterocycles. The van der Waals surface area contributed by atoms with Crippen molar-refractivity contribution in [2.45, 2.75) is 81.1 Å². The number of nitrogens with one attached hydrogen (secondary N) is 2. The van der Waals surface area contributed by atoms with Crippen LogP contribution in [0.3, 0.4) is 0 Å². The van der Waals surface area contributed by atoms with Crippen molar-refractivity contribution in [2.24, 2.45) is 23.7 Å². The molecule has 0 radical (unpaired) electrons. The molecule has 3 aromatic rings. The fourth-order valence-electron chi connectivity index (χ4n) is 8.57. The van der Waals surface area contributed by atoms with E-state index in [4.69, 9.17) is 9.47 Å². The van der Waals surface area contributed by atoms with Gasteiger partial charge in [0.25, 0.3) is 0 Å². The molecule has 5 fully saturated rings. The van der Waals surface area contributed by atoms with E-state index in [0.717, 1.165) is 53.7 Å². The number of carbonyl (C=O) groups is 2. The van der Waals surface area contributed by atoms with Gasteiger partial charge in [-0.25, -0.2) is 14.6 Å². The highest BCUT2D eigenvalue weighted by molar-refractivity contribution is 7.99. The Bertz CT molecular complexity index is 1550. The van der Waals surface area contributed by atoms with E-state index in [1.54, 1.807) is 18.3 Å². The molecular formula is C36H41N3O6S. The number of anilines is 1. The first-order valence-electron chi connectivity index (χ1n) is 16.3. The summed E-state index contributed by atoms with van der Waals surface area (Å²) in [5.41, 5.74) is 3.29. The SMILES string of the molecule is CC1C(CSc2ncccc2C(=O)O)OC(c2cccc(NC(=O)NC34CC5CC(CC(C5)C3)C4)c2)OC1c1ccc(CO)cc1. The number of aromatic nitrogens is 1. The molecule has 4 saturated carbocycles. The number of aliphatic hydroxyl groups excluding tert-OH is 1. The van der Waals surface area contributed by atoms with E-state index in [1.807, 2.05) is 48.5 Å². The molecule has 0 spiro atoms. The number of rotatable bonds is 9. The molecule has 2 aromatic carbocycles. The molecule has 10 heteroatoms. The van der Waals surface area contributed by atoms with E-state index in [9.17, 15) is 19.8 Å². The second kappa shape index (κ2) is 13.0. The fraction of sp³-hybridized carbons (Fsp3) is 0.472. The van der Waals surface area contributed by atoms with Crippen molar-refractivity contribution in [1.29, 1.82) is 0 Å². The lowest BCUT2D eigenvalue weighted by atomic mass is 9.53. The zero-order chi connectivity index (χ0) is 31.8. The van der Waals surface area contributed by atoms with Crippen LogP contribution in [0.1, 0.15) is 84.9 Å². The molecule has 1 aliphatic heterocycles. The highest BCUT2D eigenvalue weighted by atomic mass is 32.2. The summed E-state index contributed by atoms with van der Waals surface area (Å²) in [5.74, 6) is 1.59. The largest absolute Gasteiger partial charge is 0.478 e. The number of hydrogen-bond acceptors (Lipinski definition) is 7. The quantitative estimate of drug-likeness (QED) is 0.185. The van der Waals surface area contributed by atoms with Crippen LogP contribution in [0.25, 0.3) is 0 Å². The number of benzene rings is 2. The van der Waals surface area contributed by atoms with Gasteiger partial charge in [-0.05, 0) is 91.7 Å². The van der Waals surface area contributed by atoms with Gasteiger partial charge in [-0.3, -0.25) is 0 Å². The molecule has 2 amide bonds. The Balaban J connectivity index is 1.09. The summed E-state index contributed by atoms with van der Waals surface area (Å²) in [4.78, 5) is 29.4. The van der Waals surface area contributed by atoms with Gasteiger partial charge in [-0.2, -0.15) is 0 Å². The smallest absolute Gasteiger partial charge is 0.338 e. The van der Waals surface area contributed by atoms with Crippen molar-refractivity contribution in [3.63, 3.8) is 0 Å². The van der Waals surface area contributed by atoms with Crippen LogP contribution in [0, 0.1) is 23.7 Å². The molecule has 4 atom stereocenters. The Morgan fingerprint density at radius 1 is 0.957 bits per heavy atom. The first kappa shape index (κ1) is 31.2. The van der Waals surface area contributed by atoms with E-state index in [1.165, 1.54) is 31.0 Å². The molecule has 5 aliphatic rings. The van der Waals surface area contributed by atoms with Gasteiger partial charge in [-0.15, -0.1) is 11.8 Å². The van der Waals surface area contributed by atoms with Crippen molar-refractivity contribution in [3.05, 3.63) is 89.1 Å². The molecular weight excluding hydrogens is 602 g/mol. The van der Waals surface area contributed by atoms with Crippen LogP contribution in [0.2, 0.25) is 0 Å². The topological polar surface area (TPSA) is 130 Å². The molecule has 9 nitrogen and oxygen atoms in total. The van der Waals surface area contributed by atoms with Crippen LogP contribution in [-0.2, 0) is 16.1 Å². The van der Waals surface area contributed by atoms with Gasteiger partial charge in [0.1, 0.15) is 5.03 Å². The second-order valence-electron chi connectivity index (χ2n) is 13.7. The van der Waals surface area contributed by atoms with Crippen LogP contribution in [0.15, 0.2) is 71.9 Å². The predicted octanol–water partition coefficient (Wildman–Crippen LogP) is 6.95. The average Bonchev–Trinajstić information content (AvgIpc) is 3.03. The first-order valence-corrected chi connectivity index (χ1v) is 17.3. The van der Waals surface area contributed by atoms with Crippen LogP contribution in [-0.4, -0.2) is 44.6 Å². The maximum atomic E-state index is 13.3. The van der Waals surface area contributed by atoms with Crippen molar-refractivity contribution >= 4 is 29.4 Å². The molecule has 242 valence electrons. The molecule has 4 unspecified atom stereocenters. The molecule has 4 N–H and O–H groups in total. The minimum atomic E-state index is -1.02. The Morgan fingerprint density at radius 3 is 2.35 bits per heavy atom. The van der Waals surface area contributed by atoms with Crippen molar-refractivity contribution in [3.8, 4) is 0 Å². The Kier molecular flexibility index (Phi) is 8.80. The zero-order valence-corrected chi connectivity index (χ0v) is 26.7. The number of carbonyl (C=O) groups excluding carboxylic acids is 1. The zero-order valence-electron chi connectivity index (χ0n) is 25.9. The average molecular weight is 644 g/mol. The third kappa shape index (κ3) is 6.53. The highest BCUT2D eigenvalue weighted by Gasteiger charge is 2.51. The number of nitrogens with zero attached hydrogens (tertiary/aromatic N) is 1. The molecule has 4 bridgehead atoms. The number of carboxylic acid groups (broad SMARTS) is 1. The van der Waals surface area contributed by atoms with Gasteiger partial charge in [0.05, 0.1) is 24.4 Å². The van der Waals surface area contributed by atoms with Crippen LogP contribution in [0.5, 0.6) is 0 Å². The lowest BCUT2D eigenvalue weighted by molar-refractivity contribution is -0.268. The minimum Gasteiger partial charge on any atom is -0.478 e. The van der Waals surface area contributed by atoms with Gasteiger partial charge in [-0.1, -0.05) is 43.3 Å². The van der Waals surface area contributed by atoms with E-state index in [-0.39, 0.29) is 41.9 Å². The number of aliphatic hydroxyl groups is 1. The van der Waals surface area contributed by atoms with Crippen molar-refractivity contribution in [1.82, 2.24) is 10.3 Å². The number of urea groups is 1. The molecule has 8 rings (SSSR count). The summed E-state index contributed by atoms with van der Waals surface area (Å²) in [6.45, 7) is 2.02. The molecule has 46 heavy (non-hydrogen) atoms. The summed E-state index contributed by atoms with van der Waals surface area (Å²) in [7, 11) is 0. The van der Waals surface area contributed by atoms with E-state index in [0.29, 0.717) is 16.5 Å². The number of carboxylic acids is 1. The van der Waals surface area contributed by atoms with Crippen molar-refractivity contribution < 1.29 is 29.3 Å². The molecule has 2 heterocycles. The van der Waals surface area contributed by atoms with E-state index >= 15 is 0 Å². The van der Waals surface area contributed by atoms with Gasteiger partial charge >= 0.3 is 12.0 Å². The fourth-order valence-corrected chi connectivity index (χ4v) is 9.72. The Labute approximate surface area is 273 Å². The number of thioether (sulfide) groups is 1. The number of amides is 2. The van der Waals surface area contributed by atoms with Gasteiger partial charge < -0.3 is 30.3 Å². The number of aromatic carboxylic acids is 1. The number of pyridine rings is 1. The van der Waals surface area contributed by atoms with Gasteiger partial charge in [0, 0.05) is 34.7 Å². The number of hydrogen-bond donors (Lipinski definition) is 4. The highest BCUT2D eigenvalue weighted by Crippen LogP contribution is 2.55. The number of ether oxygens (including phenoxy) is 2. The summed E-state index contributed by atoms with van der Waals surface area (Å²) in [5, 5.41) is 26.1. The predicted molar refractivity (Wildman–Crippen MR) is 174 cm³/mol. The molecule has 4 aliphatic carbocycles. The third-order valence-corrected chi connectivity index (χ3v) is 11.4. The maximum Gasteiger partial charge on any atom is 0.338 e. The second-order valence-corrected chi connectivity index (χ2v) is 14.7. The van der Waals surface area contributed by atoms with E-state index in [2.05, 4.69) is 22.5 Å². The maximum absolute atomic E-state index is 13.3. The monoisotopic (exact) mass is 643 g/mol. The lowest BCUT2D eigenvalue weighted by Gasteiger charge is -2.56. The summed E-state index contributed by atoms with van der Waals surface area (Å²) >= 11 is 1.35. The Hall–Kier alpha value is -3.44. The third-order valence-electron chi connectivity index (χ3n) is 10.3. The summed E-state index contributed by atoms with van der Waals surface area (Å²) < 4.78 is 13.2. The van der Waals surface area contributed by atoms with Crippen LogP contribution >= 0.6 is 11.8 Å². The summed E-state index contributed by atoms with van der Waals surface area (Å²) in [6.07, 6.45) is 7.46. The Morgan fingerprint density at radius 2 is 1.67 bits per heavy atom. The van der Waals surface area contributed by atoms with Gasteiger partial charge in [0.15, 0.2) is 6.29 Å². The standard InChI is InChI=1S/C36H41N3O6S/c1-21-30(20-46-32-29(33(41)42)6-3-11-37-32)44-34(45-31(21)26-9-7-22(19-40)8-10-26)27-4-2-5-28(15-27)38-35(43)39-36-16-23-12-24(17-36)14-25(13-23)18-36/h2-11,15,21,23-25,30-31,34,40H,12-14,16-20H2,1H3,(H,41,42)(H2,38,39,43). The van der Waals surface area contributed by atoms with Gasteiger partial charge in [0.2, 0.25) is 0 Å². The van der Waals surface area contributed by atoms with Crippen LogP contribution in [0.4, 0.5) is 10.5 Å². The lowest BCUT2D eigenvalue weighted by Crippen LogP contribution is -2.60. The summed E-state index contributed by atoms with van der Waals surface area (Å²) in [6, 6.07) is 18.3. The minimum absolute atomic E-state index is 0.0431.